The average Bonchev–Trinajstić information content (AvgIpc) is 3.21. The van der Waals surface area contributed by atoms with Gasteiger partial charge >= 0.3 is 0 Å². The van der Waals surface area contributed by atoms with E-state index in [1.54, 1.807) is 26.0 Å². The van der Waals surface area contributed by atoms with E-state index in [1.807, 2.05) is 31.2 Å². The molecule has 1 saturated heterocycles. The summed E-state index contributed by atoms with van der Waals surface area (Å²) in [5.74, 6) is -1.06. The fraction of sp³-hybridized carbons (Fsp3) is 0.308. The van der Waals surface area contributed by atoms with Crippen molar-refractivity contribution in [2.45, 2.75) is 38.5 Å². The number of amides is 1. The van der Waals surface area contributed by atoms with Crippen LogP contribution in [0.25, 0.3) is 12.2 Å². The zero-order valence-corrected chi connectivity index (χ0v) is 20.7. The van der Waals surface area contributed by atoms with E-state index < -0.39 is 15.9 Å². The summed E-state index contributed by atoms with van der Waals surface area (Å²) >= 11 is 0. The molecule has 0 radical (unpaired) electrons. The molecule has 3 aromatic rings. The molecule has 7 nitrogen and oxygen atoms in total. The first kappa shape index (κ1) is 24.8. The molecule has 1 atom stereocenters. The van der Waals surface area contributed by atoms with Crippen LogP contribution >= 0.6 is 0 Å². The van der Waals surface area contributed by atoms with Crippen LogP contribution in [0.15, 0.2) is 51.9 Å². The molecule has 1 aliphatic heterocycles. The number of sulfonamides is 1. The maximum absolute atomic E-state index is 13.6. The number of halogens is 1. The largest absolute Gasteiger partial charge is 0.355 e. The summed E-state index contributed by atoms with van der Waals surface area (Å²) in [6, 6.07) is 11.9. The molecule has 2 heterocycles. The molecule has 9 heteroatoms. The van der Waals surface area contributed by atoms with Crippen LogP contribution in [0.3, 0.4) is 0 Å². The molecule has 0 aliphatic carbocycles. The number of carbonyl (C=O) groups is 1. The highest BCUT2D eigenvalue weighted by Gasteiger charge is 2.37. The summed E-state index contributed by atoms with van der Waals surface area (Å²) in [7, 11) is -3.95. The van der Waals surface area contributed by atoms with Crippen molar-refractivity contribution in [1.29, 1.82) is 0 Å². The minimum absolute atomic E-state index is 0.0105. The van der Waals surface area contributed by atoms with Gasteiger partial charge in [-0.1, -0.05) is 41.1 Å². The number of rotatable bonds is 6. The Bertz CT molecular complexity index is 1360. The highest BCUT2D eigenvalue weighted by atomic mass is 32.2. The second-order valence-electron chi connectivity index (χ2n) is 8.86. The number of nitrogens with zero attached hydrogens (tertiary/aromatic N) is 2. The van der Waals surface area contributed by atoms with Crippen molar-refractivity contribution < 1.29 is 22.1 Å². The molecule has 1 N–H and O–H groups in total. The zero-order chi connectivity index (χ0) is 25.2. The molecule has 4 rings (SSSR count). The van der Waals surface area contributed by atoms with Crippen molar-refractivity contribution in [3.05, 3.63) is 76.4 Å². The number of anilines is 1. The van der Waals surface area contributed by atoms with Gasteiger partial charge in [-0.05, 0) is 69.0 Å². The van der Waals surface area contributed by atoms with E-state index in [-0.39, 0.29) is 34.6 Å². The Morgan fingerprint density at radius 1 is 1.14 bits per heavy atom. The van der Waals surface area contributed by atoms with Gasteiger partial charge in [-0.15, -0.1) is 0 Å². The molecule has 0 bridgehead atoms. The van der Waals surface area contributed by atoms with Gasteiger partial charge in [0.1, 0.15) is 11.5 Å². The third-order valence-corrected chi connectivity index (χ3v) is 8.16. The van der Waals surface area contributed by atoms with Crippen LogP contribution in [-0.2, 0) is 14.8 Å². The average molecular weight is 498 g/mol. The molecule has 0 spiro atoms. The minimum atomic E-state index is -3.95. The summed E-state index contributed by atoms with van der Waals surface area (Å²) in [6.45, 7) is 5.63. The van der Waals surface area contributed by atoms with Crippen molar-refractivity contribution in [3.63, 3.8) is 0 Å². The first-order valence-corrected chi connectivity index (χ1v) is 12.9. The summed E-state index contributed by atoms with van der Waals surface area (Å²) in [4.78, 5) is 12.9. The van der Waals surface area contributed by atoms with Gasteiger partial charge in [0.05, 0.1) is 5.92 Å². The molecule has 184 valence electrons. The Balaban J connectivity index is 1.53. The SMILES string of the molecule is Cc1ccc(/C=C/c2onc(C)c2S(=O)(=O)N2CCCC(C(=O)Nc3ccc(F)cc3C)C2)cc1. The van der Waals surface area contributed by atoms with Crippen LogP contribution in [0.5, 0.6) is 0 Å². The molecule has 35 heavy (non-hydrogen) atoms. The molecule has 0 saturated carbocycles. The lowest BCUT2D eigenvalue weighted by atomic mass is 9.98. The van der Waals surface area contributed by atoms with Crippen molar-refractivity contribution in [2.75, 3.05) is 18.4 Å². The Kier molecular flexibility index (Phi) is 7.18. The fourth-order valence-corrected chi connectivity index (χ4v) is 5.93. The van der Waals surface area contributed by atoms with Crippen molar-refractivity contribution in [3.8, 4) is 0 Å². The normalized spacial score (nSPS) is 17.1. The van der Waals surface area contributed by atoms with Crippen LogP contribution in [0, 0.1) is 32.5 Å². The quantitative estimate of drug-likeness (QED) is 0.520. The maximum atomic E-state index is 13.6. The zero-order valence-electron chi connectivity index (χ0n) is 19.9. The van der Waals surface area contributed by atoms with Gasteiger partial charge in [-0.25, -0.2) is 12.8 Å². The Morgan fingerprint density at radius 3 is 2.60 bits per heavy atom. The predicted molar refractivity (Wildman–Crippen MR) is 133 cm³/mol. The number of piperidine rings is 1. The van der Waals surface area contributed by atoms with Crippen LogP contribution in [0.4, 0.5) is 10.1 Å². The molecule has 2 aromatic carbocycles. The number of aryl methyl sites for hydroxylation is 3. The van der Waals surface area contributed by atoms with Gasteiger partial charge in [0.2, 0.25) is 15.9 Å². The first-order valence-electron chi connectivity index (χ1n) is 11.4. The molecule has 1 aromatic heterocycles. The van der Waals surface area contributed by atoms with Gasteiger partial charge in [0.25, 0.3) is 0 Å². The highest BCUT2D eigenvalue weighted by molar-refractivity contribution is 7.89. The smallest absolute Gasteiger partial charge is 0.248 e. The number of nitrogens with one attached hydrogen (secondary N) is 1. The molecule has 1 amide bonds. The van der Waals surface area contributed by atoms with Crippen LogP contribution in [-0.4, -0.2) is 36.9 Å². The van der Waals surface area contributed by atoms with E-state index in [9.17, 15) is 17.6 Å². The van der Waals surface area contributed by atoms with E-state index >= 15 is 0 Å². The summed E-state index contributed by atoms with van der Waals surface area (Å²) in [5.41, 5.74) is 3.40. The lowest BCUT2D eigenvalue weighted by molar-refractivity contribution is -0.120. The van der Waals surface area contributed by atoms with Crippen molar-refractivity contribution >= 4 is 33.8 Å². The van der Waals surface area contributed by atoms with Gasteiger partial charge in [-0.2, -0.15) is 4.31 Å². The van der Waals surface area contributed by atoms with Crippen LogP contribution in [0.1, 0.15) is 41.0 Å². The van der Waals surface area contributed by atoms with E-state index in [2.05, 4.69) is 10.5 Å². The third kappa shape index (κ3) is 5.52. The number of aromatic nitrogens is 1. The lowest BCUT2D eigenvalue weighted by Gasteiger charge is -2.31. The Hall–Kier alpha value is -3.30. The Morgan fingerprint density at radius 2 is 1.89 bits per heavy atom. The monoisotopic (exact) mass is 497 g/mol. The third-order valence-electron chi connectivity index (χ3n) is 6.14. The number of benzene rings is 2. The summed E-state index contributed by atoms with van der Waals surface area (Å²) in [6.07, 6.45) is 4.47. The molecular weight excluding hydrogens is 469 g/mol. The highest BCUT2D eigenvalue weighted by Crippen LogP contribution is 2.30. The van der Waals surface area contributed by atoms with E-state index in [4.69, 9.17) is 4.52 Å². The first-order chi connectivity index (χ1) is 16.6. The summed E-state index contributed by atoms with van der Waals surface area (Å²) in [5, 5.41) is 6.70. The van der Waals surface area contributed by atoms with Crippen molar-refractivity contribution in [1.82, 2.24) is 9.46 Å². The van der Waals surface area contributed by atoms with E-state index in [0.717, 1.165) is 11.1 Å². The fourth-order valence-electron chi connectivity index (χ4n) is 4.15. The number of hydrogen-bond donors (Lipinski definition) is 1. The van der Waals surface area contributed by atoms with Gasteiger partial charge < -0.3 is 9.84 Å². The van der Waals surface area contributed by atoms with E-state index in [1.165, 1.54) is 22.5 Å². The van der Waals surface area contributed by atoms with Gasteiger partial charge in [0, 0.05) is 18.8 Å². The van der Waals surface area contributed by atoms with E-state index in [0.29, 0.717) is 30.6 Å². The number of hydrogen-bond acceptors (Lipinski definition) is 5. The predicted octanol–water partition coefficient (Wildman–Crippen LogP) is 4.95. The molecule has 1 fully saturated rings. The number of carbonyl (C=O) groups excluding carboxylic acids is 1. The maximum Gasteiger partial charge on any atom is 0.248 e. The van der Waals surface area contributed by atoms with Crippen LogP contribution < -0.4 is 5.32 Å². The molecule has 1 aliphatic rings. The summed E-state index contributed by atoms with van der Waals surface area (Å²) < 4.78 is 47.2. The standard InChI is InChI=1S/C26H28FN3O4S/c1-17-6-8-20(9-7-17)10-13-24-25(19(3)29-34-24)35(32,33)30-14-4-5-21(16-30)26(31)28-23-12-11-22(27)15-18(23)2/h6-13,15,21H,4-5,14,16H2,1-3H3,(H,28,31)/b13-10+. The minimum Gasteiger partial charge on any atom is -0.355 e. The van der Waals surface area contributed by atoms with Crippen LogP contribution in [0.2, 0.25) is 0 Å². The second-order valence-corrected chi connectivity index (χ2v) is 10.7. The second kappa shape index (κ2) is 10.1. The van der Waals surface area contributed by atoms with Crippen molar-refractivity contribution in [2.24, 2.45) is 5.92 Å². The molecule has 1 unspecified atom stereocenters. The Labute approximate surface area is 204 Å². The topological polar surface area (TPSA) is 92.5 Å². The lowest BCUT2D eigenvalue weighted by Crippen LogP contribution is -2.44. The van der Waals surface area contributed by atoms with Gasteiger partial charge in [-0.3, -0.25) is 4.79 Å². The van der Waals surface area contributed by atoms with Gasteiger partial charge in [0.15, 0.2) is 10.7 Å². The molecular formula is C26H28FN3O4S.